The van der Waals surface area contributed by atoms with Crippen LogP contribution in [0.25, 0.3) is 0 Å². The van der Waals surface area contributed by atoms with Gasteiger partial charge in [0.2, 0.25) is 0 Å². The minimum atomic E-state index is -0.705. The number of quaternary nitrogens is 1. The molecular formula is C22H30N5O+. The molecule has 6 nitrogen and oxygen atoms in total. The summed E-state index contributed by atoms with van der Waals surface area (Å²) >= 11 is 0. The van der Waals surface area contributed by atoms with Crippen molar-refractivity contribution in [2.24, 2.45) is 16.6 Å². The molecule has 2 aliphatic rings. The van der Waals surface area contributed by atoms with Crippen LogP contribution in [0.2, 0.25) is 0 Å². The first kappa shape index (κ1) is 20.0. The van der Waals surface area contributed by atoms with Crippen molar-refractivity contribution in [2.45, 2.75) is 38.6 Å². The molecule has 6 heteroatoms. The van der Waals surface area contributed by atoms with Crippen molar-refractivity contribution in [3.63, 3.8) is 0 Å². The van der Waals surface area contributed by atoms with Crippen LogP contribution in [0.15, 0.2) is 64.2 Å². The van der Waals surface area contributed by atoms with Gasteiger partial charge in [-0.2, -0.15) is 0 Å². The van der Waals surface area contributed by atoms with Crippen LogP contribution in [0, 0.1) is 18.3 Å². The summed E-state index contributed by atoms with van der Waals surface area (Å²) in [6.07, 6.45) is 8.02. The number of para-hydroxylation sites is 1. The highest BCUT2D eigenvalue weighted by Crippen LogP contribution is 2.33. The Balaban J connectivity index is 2.00. The molecule has 4 atom stereocenters. The van der Waals surface area contributed by atoms with Gasteiger partial charge >= 0.3 is 0 Å². The molecule has 0 radical (unpaired) electrons. The molecule has 0 saturated heterocycles. The fourth-order valence-corrected chi connectivity index (χ4v) is 3.71. The molecule has 0 aromatic heterocycles. The number of dihydropyridines is 1. The average Bonchev–Trinajstić information content (AvgIpc) is 2.66. The number of hydrogen-bond acceptors (Lipinski definition) is 4. The Morgan fingerprint density at radius 2 is 2.07 bits per heavy atom. The van der Waals surface area contributed by atoms with Crippen LogP contribution in [0.5, 0.6) is 0 Å². The van der Waals surface area contributed by atoms with Gasteiger partial charge in [-0.3, -0.25) is 10.4 Å². The van der Waals surface area contributed by atoms with E-state index in [2.05, 4.69) is 36.2 Å². The molecular weight excluding hydrogens is 350 g/mol. The van der Waals surface area contributed by atoms with E-state index in [-0.39, 0.29) is 18.0 Å². The Labute approximate surface area is 166 Å². The number of ether oxygens (including phenoxy) is 1. The first-order valence-corrected chi connectivity index (χ1v) is 9.50. The van der Waals surface area contributed by atoms with E-state index in [1.54, 1.807) is 7.11 Å². The third-order valence-corrected chi connectivity index (χ3v) is 5.63. The number of hydrogen-bond donors (Lipinski definition) is 4. The molecule has 7 N–H and O–H groups in total. The molecule has 0 fully saturated rings. The molecule has 0 bridgehead atoms. The largest absolute Gasteiger partial charge is 0.384 e. The molecule has 1 aromatic carbocycles. The van der Waals surface area contributed by atoms with E-state index in [4.69, 9.17) is 20.9 Å². The van der Waals surface area contributed by atoms with Crippen LogP contribution in [0.1, 0.15) is 19.4 Å². The number of amidine groups is 1. The summed E-state index contributed by atoms with van der Waals surface area (Å²) in [4.78, 5) is 4.81. The van der Waals surface area contributed by atoms with Gasteiger partial charge in [-0.25, -0.2) is 0 Å². The molecule has 4 unspecified atom stereocenters. The first-order chi connectivity index (χ1) is 13.3. The van der Waals surface area contributed by atoms with Gasteiger partial charge in [0, 0.05) is 30.5 Å². The van der Waals surface area contributed by atoms with Gasteiger partial charge in [0.15, 0.2) is 11.7 Å². The standard InChI is InChI=1S/C22H29N5O/c1-13-7-5-6-8-17(13)27-22(3)20(23)19(21(24)25)16(12-26-22)15-10-9-14(2)18(11-15)28-4/h5-12,14,18,20,27H,23H2,1-4H3,(H3,24,25)/p+1. The number of benzene rings is 1. The Morgan fingerprint density at radius 3 is 2.71 bits per heavy atom. The predicted molar refractivity (Wildman–Crippen MR) is 114 cm³/mol. The van der Waals surface area contributed by atoms with Crippen molar-refractivity contribution in [1.82, 2.24) is 0 Å². The van der Waals surface area contributed by atoms with Crippen LogP contribution < -0.4 is 16.8 Å². The Kier molecular flexibility index (Phi) is 5.54. The molecule has 28 heavy (non-hydrogen) atoms. The highest BCUT2D eigenvalue weighted by molar-refractivity contribution is 6.05. The number of nitrogens with zero attached hydrogens (tertiary/aromatic N) is 1. The quantitative estimate of drug-likeness (QED) is 0.464. The zero-order valence-electron chi connectivity index (χ0n) is 17.0. The topological polar surface area (TPSA) is 111 Å². The third-order valence-electron chi connectivity index (χ3n) is 5.63. The zero-order valence-corrected chi connectivity index (χ0v) is 17.0. The van der Waals surface area contributed by atoms with Crippen molar-refractivity contribution in [2.75, 3.05) is 12.4 Å². The van der Waals surface area contributed by atoms with Crippen LogP contribution >= 0.6 is 0 Å². The van der Waals surface area contributed by atoms with E-state index < -0.39 is 5.66 Å². The number of nitrogens with two attached hydrogens (primary N) is 1. The average molecular weight is 381 g/mol. The maximum Gasteiger partial charge on any atom is 0.183 e. The van der Waals surface area contributed by atoms with E-state index in [9.17, 15) is 0 Å². The maximum atomic E-state index is 8.21. The number of anilines is 1. The van der Waals surface area contributed by atoms with Gasteiger partial charge in [0.1, 0.15) is 5.84 Å². The highest BCUT2D eigenvalue weighted by atomic mass is 16.5. The summed E-state index contributed by atoms with van der Waals surface area (Å²) in [6.45, 7) is 6.14. The first-order valence-electron chi connectivity index (χ1n) is 9.50. The lowest BCUT2D eigenvalue weighted by molar-refractivity contribution is -0.417. The second-order valence-electron chi connectivity index (χ2n) is 7.68. The summed E-state index contributed by atoms with van der Waals surface area (Å²) in [5.74, 6) is 0.306. The van der Waals surface area contributed by atoms with E-state index in [1.807, 2.05) is 44.3 Å². The lowest BCUT2D eigenvalue weighted by atomic mass is 9.83. The molecule has 3 rings (SSSR count). The van der Waals surface area contributed by atoms with E-state index in [0.29, 0.717) is 11.5 Å². The van der Waals surface area contributed by atoms with Crippen molar-refractivity contribution >= 4 is 17.7 Å². The smallest absolute Gasteiger partial charge is 0.183 e. The Morgan fingerprint density at radius 1 is 1.36 bits per heavy atom. The Hall–Kier alpha value is -2.70. The number of rotatable bonds is 5. The van der Waals surface area contributed by atoms with E-state index >= 15 is 0 Å². The van der Waals surface area contributed by atoms with Crippen molar-refractivity contribution in [1.29, 1.82) is 5.41 Å². The fraction of sp³-hybridized carbons (Fsp3) is 0.364. The number of aliphatic imine (C=N–C) groups is 1. The van der Waals surface area contributed by atoms with Gasteiger partial charge in [0.05, 0.1) is 11.7 Å². The number of aryl methyl sites for hydroxylation is 1. The summed E-state index contributed by atoms with van der Waals surface area (Å²) in [5.41, 5.74) is 14.3. The van der Waals surface area contributed by atoms with Gasteiger partial charge in [-0.1, -0.05) is 37.3 Å². The maximum absolute atomic E-state index is 8.21. The molecule has 1 aliphatic heterocycles. The van der Waals surface area contributed by atoms with Gasteiger partial charge in [-0.05, 0) is 37.1 Å². The summed E-state index contributed by atoms with van der Waals surface area (Å²) in [6, 6.07) is 7.72. The molecule has 148 valence electrons. The molecule has 1 aliphatic carbocycles. The summed E-state index contributed by atoms with van der Waals surface area (Å²) in [5, 5.41) is 11.7. The normalized spacial score (nSPS) is 29.6. The Bertz CT molecular complexity index is 898. The molecule has 0 spiro atoms. The lowest BCUT2D eigenvalue weighted by Crippen LogP contribution is -2.75. The van der Waals surface area contributed by atoms with E-state index in [1.165, 1.54) is 0 Å². The van der Waals surface area contributed by atoms with Crippen LogP contribution in [0.4, 0.5) is 5.69 Å². The summed E-state index contributed by atoms with van der Waals surface area (Å²) in [7, 11) is 1.71. The zero-order chi connectivity index (χ0) is 20.5. The summed E-state index contributed by atoms with van der Waals surface area (Å²) < 4.78 is 5.57. The predicted octanol–water partition coefficient (Wildman–Crippen LogP) is 2.20. The number of allylic oxidation sites excluding steroid dienone is 3. The number of methoxy groups -OCH3 is 1. The van der Waals surface area contributed by atoms with Crippen LogP contribution in [0.3, 0.4) is 0 Å². The molecule has 1 heterocycles. The molecule has 0 amide bonds. The second kappa shape index (κ2) is 7.73. The minimum absolute atomic E-state index is 0.0147. The van der Waals surface area contributed by atoms with E-state index in [0.717, 1.165) is 22.4 Å². The molecule has 0 saturated carbocycles. The van der Waals surface area contributed by atoms with Crippen LogP contribution in [-0.4, -0.2) is 37.0 Å². The number of nitrogens with one attached hydrogen (secondary N) is 2. The lowest BCUT2D eigenvalue weighted by Gasteiger charge is -2.36. The monoisotopic (exact) mass is 380 g/mol. The van der Waals surface area contributed by atoms with Gasteiger partial charge in [0.25, 0.3) is 0 Å². The van der Waals surface area contributed by atoms with Gasteiger partial charge in [-0.15, -0.1) is 0 Å². The van der Waals surface area contributed by atoms with Crippen molar-refractivity contribution < 1.29 is 10.5 Å². The van der Waals surface area contributed by atoms with Gasteiger partial charge < -0.3 is 21.5 Å². The fourth-order valence-electron chi connectivity index (χ4n) is 3.71. The highest BCUT2D eigenvalue weighted by Gasteiger charge is 2.42. The third kappa shape index (κ3) is 3.66. The van der Waals surface area contributed by atoms with Crippen LogP contribution in [-0.2, 0) is 4.74 Å². The SMILES string of the molecule is COC1C=C(C2=C(C(=N)N)C([NH3+])C(C)(Nc3ccccc3C)N=C2)C=CC1C. The minimum Gasteiger partial charge on any atom is -0.384 e. The molecule has 1 aromatic rings. The van der Waals surface area contributed by atoms with Crippen molar-refractivity contribution in [3.05, 3.63) is 64.8 Å². The van der Waals surface area contributed by atoms with Crippen molar-refractivity contribution in [3.8, 4) is 0 Å². The second-order valence-corrected chi connectivity index (χ2v) is 7.68.